The van der Waals surface area contributed by atoms with Gasteiger partial charge in [0.2, 0.25) is 0 Å². The molecule has 0 aliphatic heterocycles. The molecule has 0 radical (unpaired) electrons. The highest BCUT2D eigenvalue weighted by Gasteiger charge is 2.19. The molecule has 13 heavy (non-hydrogen) atoms. The second-order valence-electron chi connectivity index (χ2n) is 4.43. The molecule has 0 aromatic heterocycles. The summed E-state index contributed by atoms with van der Waals surface area (Å²) in [5.74, 6) is 1.06. The Labute approximate surface area is 80.7 Å². The van der Waals surface area contributed by atoms with Crippen LogP contribution in [0.3, 0.4) is 0 Å². The fourth-order valence-electron chi connectivity index (χ4n) is 1.77. The van der Waals surface area contributed by atoms with Crippen molar-refractivity contribution in [3.8, 4) is 0 Å². The number of hydrogen-bond donors (Lipinski definition) is 0. The van der Waals surface area contributed by atoms with Crippen molar-refractivity contribution in [1.29, 1.82) is 0 Å². The Bertz CT molecular complexity index is 157. The van der Waals surface area contributed by atoms with Crippen LogP contribution in [0.15, 0.2) is 0 Å². The minimum atomic E-state index is 0.000556. The van der Waals surface area contributed by atoms with Crippen LogP contribution in [-0.2, 0) is 9.53 Å². The highest BCUT2D eigenvalue weighted by molar-refractivity contribution is 5.69. The molecule has 0 atom stereocenters. The van der Waals surface area contributed by atoms with Crippen molar-refractivity contribution >= 4 is 5.97 Å². The van der Waals surface area contributed by atoms with Gasteiger partial charge in [0, 0.05) is 6.42 Å². The summed E-state index contributed by atoms with van der Waals surface area (Å²) in [5.41, 5.74) is 0. The Kier molecular flexibility index (Phi) is 4.26. The third-order valence-electron chi connectivity index (χ3n) is 2.51. The van der Waals surface area contributed by atoms with Gasteiger partial charge in [0.15, 0.2) is 0 Å². The van der Waals surface area contributed by atoms with E-state index in [1.807, 2.05) is 0 Å². The quantitative estimate of drug-likeness (QED) is 0.628. The molecule has 2 heteroatoms. The lowest BCUT2D eigenvalue weighted by Gasteiger charge is -2.10. The molecule has 2 nitrogen and oxygen atoms in total. The number of ether oxygens (including phenoxy) is 1. The summed E-state index contributed by atoms with van der Waals surface area (Å²) in [6.07, 6.45) is 5.67. The van der Waals surface area contributed by atoms with E-state index in [1.54, 1.807) is 0 Å². The van der Waals surface area contributed by atoms with E-state index in [4.69, 9.17) is 4.74 Å². The van der Waals surface area contributed by atoms with E-state index in [-0.39, 0.29) is 5.97 Å². The monoisotopic (exact) mass is 184 g/mol. The summed E-state index contributed by atoms with van der Waals surface area (Å²) in [6, 6.07) is 0. The molecule has 0 unspecified atom stereocenters. The first-order valence-corrected chi connectivity index (χ1v) is 5.34. The van der Waals surface area contributed by atoms with Gasteiger partial charge < -0.3 is 4.74 Å². The van der Waals surface area contributed by atoms with Crippen molar-refractivity contribution in [3.05, 3.63) is 0 Å². The van der Waals surface area contributed by atoms with E-state index in [9.17, 15) is 4.79 Å². The molecule has 0 aromatic rings. The lowest BCUT2D eigenvalue weighted by Crippen LogP contribution is -2.12. The fourth-order valence-corrected chi connectivity index (χ4v) is 1.77. The predicted molar refractivity (Wildman–Crippen MR) is 52.4 cm³/mol. The molecular formula is C11H20O2. The highest BCUT2D eigenvalue weighted by Crippen LogP contribution is 2.27. The molecule has 0 saturated heterocycles. The average Bonchev–Trinajstić information content (AvgIpc) is 2.53. The van der Waals surface area contributed by atoms with Gasteiger partial charge in [-0.15, -0.1) is 0 Å². The first-order valence-electron chi connectivity index (χ1n) is 5.34. The Morgan fingerprint density at radius 1 is 1.38 bits per heavy atom. The summed E-state index contributed by atoms with van der Waals surface area (Å²) in [5, 5.41) is 0. The van der Waals surface area contributed by atoms with Gasteiger partial charge in [-0.1, -0.05) is 26.7 Å². The van der Waals surface area contributed by atoms with E-state index in [2.05, 4.69) is 13.8 Å². The molecule has 0 bridgehead atoms. The molecule has 1 fully saturated rings. The summed E-state index contributed by atoms with van der Waals surface area (Å²) < 4.78 is 5.13. The SMILES string of the molecule is CC(C)COC(=O)CC1CCCC1. The van der Waals surface area contributed by atoms with Gasteiger partial charge >= 0.3 is 5.97 Å². The van der Waals surface area contributed by atoms with Crippen molar-refractivity contribution < 1.29 is 9.53 Å². The maximum Gasteiger partial charge on any atom is 0.306 e. The lowest BCUT2D eigenvalue weighted by molar-refractivity contribution is -0.145. The van der Waals surface area contributed by atoms with Gasteiger partial charge in [-0.3, -0.25) is 4.79 Å². The summed E-state index contributed by atoms with van der Waals surface area (Å²) in [6.45, 7) is 4.69. The van der Waals surface area contributed by atoms with Crippen molar-refractivity contribution in [3.63, 3.8) is 0 Å². The molecule has 1 aliphatic rings. The van der Waals surface area contributed by atoms with Crippen molar-refractivity contribution in [2.45, 2.75) is 46.0 Å². The van der Waals surface area contributed by atoms with Crippen LogP contribution in [0.5, 0.6) is 0 Å². The van der Waals surface area contributed by atoms with Gasteiger partial charge in [0.05, 0.1) is 6.61 Å². The lowest BCUT2D eigenvalue weighted by atomic mass is 10.0. The number of rotatable bonds is 4. The van der Waals surface area contributed by atoms with E-state index < -0.39 is 0 Å². The predicted octanol–water partition coefficient (Wildman–Crippen LogP) is 2.77. The van der Waals surface area contributed by atoms with Crippen LogP contribution in [0, 0.1) is 11.8 Å². The van der Waals surface area contributed by atoms with Crippen LogP contribution in [0.1, 0.15) is 46.0 Å². The Morgan fingerprint density at radius 3 is 2.54 bits per heavy atom. The second-order valence-corrected chi connectivity index (χ2v) is 4.43. The minimum absolute atomic E-state index is 0.000556. The maximum atomic E-state index is 11.3. The normalized spacial score (nSPS) is 18.1. The minimum Gasteiger partial charge on any atom is -0.465 e. The van der Waals surface area contributed by atoms with Crippen LogP contribution in [0.4, 0.5) is 0 Å². The van der Waals surface area contributed by atoms with Crippen LogP contribution in [-0.4, -0.2) is 12.6 Å². The third kappa shape index (κ3) is 4.30. The number of carbonyl (C=O) groups is 1. The molecule has 0 amide bonds. The van der Waals surface area contributed by atoms with Crippen molar-refractivity contribution in [2.75, 3.05) is 6.61 Å². The number of esters is 1. The Balaban J connectivity index is 2.09. The topological polar surface area (TPSA) is 26.3 Å². The summed E-state index contributed by atoms with van der Waals surface area (Å²) in [4.78, 5) is 11.3. The van der Waals surface area contributed by atoms with E-state index in [0.717, 1.165) is 0 Å². The number of hydrogen-bond acceptors (Lipinski definition) is 2. The first kappa shape index (κ1) is 10.6. The van der Waals surface area contributed by atoms with Gasteiger partial charge in [0.1, 0.15) is 0 Å². The molecular weight excluding hydrogens is 164 g/mol. The van der Waals surface area contributed by atoms with E-state index in [1.165, 1.54) is 25.7 Å². The summed E-state index contributed by atoms with van der Waals surface area (Å²) >= 11 is 0. The van der Waals surface area contributed by atoms with E-state index >= 15 is 0 Å². The number of carbonyl (C=O) groups excluding carboxylic acids is 1. The molecule has 0 N–H and O–H groups in total. The van der Waals surface area contributed by atoms with Gasteiger partial charge in [-0.2, -0.15) is 0 Å². The molecule has 0 aromatic carbocycles. The molecule has 76 valence electrons. The zero-order chi connectivity index (χ0) is 9.68. The molecule has 1 saturated carbocycles. The van der Waals surface area contributed by atoms with Crippen molar-refractivity contribution in [2.24, 2.45) is 11.8 Å². The molecule has 0 heterocycles. The molecule has 1 aliphatic carbocycles. The van der Waals surface area contributed by atoms with Crippen LogP contribution in [0.2, 0.25) is 0 Å². The van der Waals surface area contributed by atoms with Gasteiger partial charge in [-0.25, -0.2) is 0 Å². The smallest absolute Gasteiger partial charge is 0.306 e. The Hall–Kier alpha value is -0.530. The first-order chi connectivity index (χ1) is 6.18. The Morgan fingerprint density at radius 2 is 2.00 bits per heavy atom. The third-order valence-corrected chi connectivity index (χ3v) is 2.51. The van der Waals surface area contributed by atoms with E-state index in [0.29, 0.717) is 24.9 Å². The molecule has 1 rings (SSSR count). The highest BCUT2D eigenvalue weighted by atomic mass is 16.5. The fraction of sp³-hybridized carbons (Fsp3) is 0.909. The van der Waals surface area contributed by atoms with Crippen LogP contribution >= 0.6 is 0 Å². The van der Waals surface area contributed by atoms with Crippen LogP contribution in [0.25, 0.3) is 0 Å². The maximum absolute atomic E-state index is 11.3. The zero-order valence-corrected chi connectivity index (χ0v) is 8.71. The second kappa shape index (κ2) is 5.25. The largest absolute Gasteiger partial charge is 0.465 e. The summed E-state index contributed by atoms with van der Waals surface area (Å²) in [7, 11) is 0. The van der Waals surface area contributed by atoms with Crippen LogP contribution < -0.4 is 0 Å². The van der Waals surface area contributed by atoms with Gasteiger partial charge in [0.25, 0.3) is 0 Å². The zero-order valence-electron chi connectivity index (χ0n) is 8.71. The standard InChI is InChI=1S/C11H20O2/c1-9(2)8-13-11(12)7-10-5-3-4-6-10/h9-10H,3-8H2,1-2H3. The molecule has 0 spiro atoms. The van der Waals surface area contributed by atoms with Crippen molar-refractivity contribution in [1.82, 2.24) is 0 Å². The average molecular weight is 184 g/mol. The van der Waals surface area contributed by atoms with Gasteiger partial charge in [-0.05, 0) is 24.7 Å².